The molecule has 1 aromatic rings. The second-order valence-electron chi connectivity index (χ2n) is 3.89. The molecule has 1 saturated carbocycles. The Labute approximate surface area is 98.0 Å². The molecule has 86 valence electrons. The van der Waals surface area contributed by atoms with Crippen LogP contribution in [0, 0.1) is 0 Å². The Hall–Kier alpha value is -1.36. The summed E-state index contributed by atoms with van der Waals surface area (Å²) < 4.78 is 0. The zero-order valence-corrected chi connectivity index (χ0v) is 9.68. The van der Waals surface area contributed by atoms with Crippen LogP contribution in [0.4, 0.5) is 0 Å². The van der Waals surface area contributed by atoms with Crippen LogP contribution in [0.25, 0.3) is 0 Å². The molecule has 0 unspecified atom stereocenters. The van der Waals surface area contributed by atoms with Gasteiger partial charge in [0.2, 0.25) is 0 Å². The summed E-state index contributed by atoms with van der Waals surface area (Å²) in [4.78, 5) is 22.6. The molecule has 1 aromatic heterocycles. The molecule has 4 nitrogen and oxygen atoms in total. The molecule has 0 radical (unpaired) electrons. The third-order valence-corrected chi connectivity index (χ3v) is 3.13. The highest BCUT2D eigenvalue weighted by atomic mass is 32.1. The van der Waals surface area contributed by atoms with Crippen LogP contribution in [-0.4, -0.2) is 24.4 Å². The fraction of sp³-hybridized carbons (Fsp3) is 0.455. The van der Waals surface area contributed by atoms with Crippen LogP contribution >= 0.6 is 11.3 Å². The molecule has 2 amide bonds. The van der Waals surface area contributed by atoms with Gasteiger partial charge in [0.1, 0.15) is 0 Å². The normalized spacial score (nSPS) is 14.5. The Morgan fingerprint density at radius 3 is 2.81 bits per heavy atom. The van der Waals surface area contributed by atoms with E-state index in [0.29, 0.717) is 6.54 Å². The molecule has 0 atom stereocenters. The number of nitrogens with one attached hydrogen (secondary N) is 2. The Morgan fingerprint density at radius 2 is 2.19 bits per heavy atom. The lowest BCUT2D eigenvalue weighted by molar-refractivity contribution is -0.139. The first kappa shape index (κ1) is 11.1. The van der Waals surface area contributed by atoms with Crippen LogP contribution in [0.15, 0.2) is 16.8 Å². The summed E-state index contributed by atoms with van der Waals surface area (Å²) >= 11 is 1.63. The summed E-state index contributed by atoms with van der Waals surface area (Å²) in [5.74, 6) is -1.03. The van der Waals surface area contributed by atoms with Crippen molar-refractivity contribution in [3.63, 3.8) is 0 Å². The van der Waals surface area contributed by atoms with Crippen LogP contribution in [0.1, 0.15) is 18.4 Å². The molecule has 1 aliphatic rings. The highest BCUT2D eigenvalue weighted by Gasteiger charge is 2.25. The van der Waals surface area contributed by atoms with Crippen molar-refractivity contribution >= 4 is 23.2 Å². The van der Waals surface area contributed by atoms with Crippen LogP contribution in [0.5, 0.6) is 0 Å². The minimum atomic E-state index is -0.526. The lowest BCUT2D eigenvalue weighted by atomic mass is 10.2. The predicted octanol–water partition coefficient (Wildman–Crippen LogP) is 0.685. The zero-order chi connectivity index (χ0) is 11.4. The molecule has 0 spiro atoms. The lowest BCUT2D eigenvalue weighted by Crippen LogP contribution is -2.41. The average Bonchev–Trinajstić information content (AvgIpc) is 2.93. The lowest BCUT2D eigenvalue weighted by Gasteiger charge is -2.04. The molecular formula is C11H14N2O2S. The molecule has 1 heterocycles. The topological polar surface area (TPSA) is 58.2 Å². The van der Waals surface area contributed by atoms with E-state index < -0.39 is 11.8 Å². The fourth-order valence-electron chi connectivity index (χ4n) is 1.31. The van der Waals surface area contributed by atoms with Crippen LogP contribution in [-0.2, 0) is 16.0 Å². The van der Waals surface area contributed by atoms with E-state index in [-0.39, 0.29) is 6.04 Å². The third kappa shape index (κ3) is 3.34. The molecular weight excluding hydrogens is 224 g/mol. The van der Waals surface area contributed by atoms with Crippen molar-refractivity contribution in [3.8, 4) is 0 Å². The van der Waals surface area contributed by atoms with E-state index >= 15 is 0 Å². The molecule has 0 bridgehead atoms. The summed E-state index contributed by atoms with van der Waals surface area (Å²) in [5, 5.41) is 9.29. The smallest absolute Gasteiger partial charge is 0.309 e. The second kappa shape index (κ2) is 5.12. The quantitative estimate of drug-likeness (QED) is 0.758. The van der Waals surface area contributed by atoms with E-state index in [1.165, 1.54) is 5.56 Å². The fourth-order valence-corrected chi connectivity index (χ4v) is 2.02. The van der Waals surface area contributed by atoms with Gasteiger partial charge in [-0.15, -0.1) is 0 Å². The van der Waals surface area contributed by atoms with Gasteiger partial charge in [-0.2, -0.15) is 11.3 Å². The van der Waals surface area contributed by atoms with Crippen LogP contribution in [0.3, 0.4) is 0 Å². The minimum Gasteiger partial charge on any atom is -0.348 e. The van der Waals surface area contributed by atoms with Gasteiger partial charge in [0, 0.05) is 12.6 Å². The van der Waals surface area contributed by atoms with E-state index in [2.05, 4.69) is 10.6 Å². The van der Waals surface area contributed by atoms with Gasteiger partial charge in [0.25, 0.3) is 0 Å². The minimum absolute atomic E-state index is 0.232. The van der Waals surface area contributed by atoms with Crippen LogP contribution in [0.2, 0.25) is 0 Å². The Balaban J connectivity index is 1.64. The van der Waals surface area contributed by atoms with Crippen molar-refractivity contribution in [2.75, 3.05) is 6.54 Å². The molecule has 0 saturated heterocycles. The van der Waals surface area contributed by atoms with Gasteiger partial charge in [0.05, 0.1) is 0 Å². The largest absolute Gasteiger partial charge is 0.348 e. The van der Waals surface area contributed by atoms with Gasteiger partial charge in [-0.3, -0.25) is 9.59 Å². The third-order valence-electron chi connectivity index (χ3n) is 2.40. The van der Waals surface area contributed by atoms with Crippen molar-refractivity contribution in [1.82, 2.24) is 10.6 Å². The van der Waals surface area contributed by atoms with E-state index in [1.54, 1.807) is 11.3 Å². The monoisotopic (exact) mass is 238 g/mol. The number of amides is 2. The summed E-state index contributed by atoms with van der Waals surface area (Å²) in [5.41, 5.74) is 1.19. The first-order valence-corrected chi connectivity index (χ1v) is 6.30. The van der Waals surface area contributed by atoms with E-state index in [9.17, 15) is 9.59 Å². The standard InChI is InChI=1S/C11H14N2O2S/c14-10(11(15)13-9-1-2-9)12-5-3-8-4-6-16-7-8/h4,6-7,9H,1-3,5H2,(H,12,14)(H,13,15). The van der Waals surface area contributed by atoms with Gasteiger partial charge < -0.3 is 10.6 Å². The van der Waals surface area contributed by atoms with E-state index in [0.717, 1.165) is 19.3 Å². The van der Waals surface area contributed by atoms with Gasteiger partial charge in [-0.05, 0) is 41.7 Å². The number of carbonyl (C=O) groups is 2. The molecule has 5 heteroatoms. The van der Waals surface area contributed by atoms with Crippen LogP contribution < -0.4 is 10.6 Å². The Morgan fingerprint density at radius 1 is 1.38 bits per heavy atom. The van der Waals surface area contributed by atoms with Gasteiger partial charge >= 0.3 is 11.8 Å². The highest BCUT2D eigenvalue weighted by molar-refractivity contribution is 7.07. The van der Waals surface area contributed by atoms with Gasteiger partial charge in [0.15, 0.2) is 0 Å². The predicted molar refractivity (Wildman–Crippen MR) is 62.2 cm³/mol. The number of rotatable bonds is 4. The first-order chi connectivity index (χ1) is 7.75. The maximum Gasteiger partial charge on any atom is 0.309 e. The number of carbonyl (C=O) groups excluding carboxylic acids is 2. The van der Waals surface area contributed by atoms with Crippen molar-refractivity contribution < 1.29 is 9.59 Å². The molecule has 16 heavy (non-hydrogen) atoms. The van der Waals surface area contributed by atoms with Crippen molar-refractivity contribution in [1.29, 1.82) is 0 Å². The summed E-state index contributed by atoms with van der Waals surface area (Å²) in [7, 11) is 0. The SMILES string of the molecule is O=C(NCCc1ccsc1)C(=O)NC1CC1. The number of hydrogen-bond acceptors (Lipinski definition) is 3. The van der Waals surface area contributed by atoms with E-state index in [1.807, 2.05) is 16.8 Å². The summed E-state index contributed by atoms with van der Waals surface area (Å²) in [6.07, 6.45) is 2.76. The summed E-state index contributed by atoms with van der Waals surface area (Å²) in [6, 6.07) is 2.25. The highest BCUT2D eigenvalue weighted by Crippen LogP contribution is 2.18. The van der Waals surface area contributed by atoms with Gasteiger partial charge in [-0.25, -0.2) is 0 Å². The van der Waals surface area contributed by atoms with Crippen molar-refractivity contribution in [2.45, 2.75) is 25.3 Å². The maximum absolute atomic E-state index is 11.3. The van der Waals surface area contributed by atoms with Gasteiger partial charge in [-0.1, -0.05) is 0 Å². The van der Waals surface area contributed by atoms with E-state index in [4.69, 9.17) is 0 Å². The zero-order valence-electron chi connectivity index (χ0n) is 8.86. The maximum atomic E-state index is 11.3. The molecule has 1 fully saturated rings. The second-order valence-corrected chi connectivity index (χ2v) is 4.67. The summed E-state index contributed by atoms with van der Waals surface area (Å²) in [6.45, 7) is 0.508. The molecule has 0 aliphatic heterocycles. The Bertz CT molecular complexity index is 371. The molecule has 1 aliphatic carbocycles. The number of thiophene rings is 1. The first-order valence-electron chi connectivity index (χ1n) is 5.35. The van der Waals surface area contributed by atoms with Crippen molar-refractivity contribution in [3.05, 3.63) is 22.4 Å². The molecule has 2 N–H and O–H groups in total. The average molecular weight is 238 g/mol. The number of hydrogen-bond donors (Lipinski definition) is 2. The van der Waals surface area contributed by atoms with Crippen molar-refractivity contribution in [2.24, 2.45) is 0 Å². The molecule has 2 rings (SSSR count). The molecule has 0 aromatic carbocycles. The Kier molecular flexibility index (Phi) is 3.56.